The molecule has 164 valence electrons. The van der Waals surface area contributed by atoms with Crippen molar-refractivity contribution in [2.45, 2.75) is 58.5 Å². The molecule has 7 nitrogen and oxygen atoms in total. The van der Waals surface area contributed by atoms with E-state index in [0.717, 1.165) is 22.5 Å². The van der Waals surface area contributed by atoms with Crippen LogP contribution < -0.4 is 10.5 Å². The summed E-state index contributed by atoms with van der Waals surface area (Å²) in [5, 5.41) is 15.3. The summed E-state index contributed by atoms with van der Waals surface area (Å²) in [7, 11) is 0. The lowest BCUT2D eigenvalue weighted by Gasteiger charge is -2.35. The average Bonchev–Trinajstić information content (AvgIpc) is 3.14. The maximum atomic E-state index is 14.0. The highest BCUT2D eigenvalue weighted by atomic mass is 35.5. The first-order valence-electron chi connectivity index (χ1n) is 10.3. The van der Waals surface area contributed by atoms with Gasteiger partial charge in [0.2, 0.25) is 0 Å². The molecule has 0 unspecified atom stereocenters. The highest BCUT2D eigenvalue weighted by Crippen LogP contribution is 2.37. The zero-order valence-electron chi connectivity index (χ0n) is 18.3. The molecule has 1 aromatic carbocycles. The lowest BCUT2D eigenvalue weighted by atomic mass is 9.82. The Balaban J connectivity index is 1.72. The second kappa shape index (κ2) is 7.75. The maximum Gasteiger partial charge on any atom is 0.285 e. The van der Waals surface area contributed by atoms with E-state index in [2.05, 4.69) is 48.2 Å². The zero-order chi connectivity index (χ0) is 22.5. The van der Waals surface area contributed by atoms with Gasteiger partial charge in [0.25, 0.3) is 5.56 Å². The van der Waals surface area contributed by atoms with Gasteiger partial charge in [0.1, 0.15) is 16.5 Å². The number of benzene rings is 1. The Hall–Kier alpha value is -2.74. The van der Waals surface area contributed by atoms with Crippen LogP contribution >= 0.6 is 11.6 Å². The molecule has 0 aliphatic carbocycles. The molecule has 1 aliphatic heterocycles. The monoisotopic (exact) mass is 444 g/mol. The molecular formula is C22H26ClFN6O. The first kappa shape index (κ1) is 21.5. The second-order valence-corrected chi connectivity index (χ2v) is 9.42. The van der Waals surface area contributed by atoms with Crippen LogP contribution in [0.15, 0.2) is 29.2 Å². The third kappa shape index (κ3) is 3.73. The molecule has 0 spiro atoms. The van der Waals surface area contributed by atoms with E-state index in [1.165, 1.54) is 6.07 Å². The molecule has 9 heteroatoms. The van der Waals surface area contributed by atoms with Crippen LogP contribution in [0.4, 0.5) is 10.1 Å². The topological polar surface area (TPSA) is 79.7 Å². The van der Waals surface area contributed by atoms with Crippen molar-refractivity contribution in [1.82, 2.24) is 25.2 Å². The maximum absolute atomic E-state index is 14.0. The van der Waals surface area contributed by atoms with Gasteiger partial charge in [-0.15, -0.1) is 5.10 Å². The summed E-state index contributed by atoms with van der Waals surface area (Å²) < 4.78 is 15.9. The van der Waals surface area contributed by atoms with Gasteiger partial charge >= 0.3 is 0 Å². The third-order valence-corrected chi connectivity index (χ3v) is 6.37. The molecule has 2 aromatic heterocycles. The van der Waals surface area contributed by atoms with Gasteiger partial charge in [0.15, 0.2) is 0 Å². The van der Waals surface area contributed by atoms with Gasteiger partial charge in [0, 0.05) is 13.0 Å². The Bertz CT molecular complexity index is 1180. The molecule has 3 heterocycles. The molecular weight excluding hydrogens is 419 g/mol. The molecule has 3 aromatic rings. The number of anilines is 1. The largest absolute Gasteiger partial charge is 0.360 e. The number of nitrogens with one attached hydrogen (secondary N) is 1. The van der Waals surface area contributed by atoms with E-state index in [4.69, 9.17) is 11.6 Å². The number of aromatic nitrogens is 5. The highest BCUT2D eigenvalue weighted by molar-refractivity contribution is 6.33. The van der Waals surface area contributed by atoms with Crippen LogP contribution in [0.1, 0.15) is 69.2 Å². The molecule has 0 saturated heterocycles. The summed E-state index contributed by atoms with van der Waals surface area (Å²) in [6.07, 6.45) is 2.25. The number of hydrogen-bond donors (Lipinski definition) is 1. The van der Waals surface area contributed by atoms with E-state index in [1.807, 2.05) is 22.6 Å². The average molecular weight is 445 g/mol. The predicted molar refractivity (Wildman–Crippen MR) is 118 cm³/mol. The van der Waals surface area contributed by atoms with Crippen LogP contribution in [0.5, 0.6) is 0 Å². The number of hydrogen-bond acceptors (Lipinski definition) is 5. The summed E-state index contributed by atoms with van der Waals surface area (Å²) in [6.45, 7) is 11.0. The highest BCUT2D eigenvalue weighted by Gasteiger charge is 2.33. The van der Waals surface area contributed by atoms with Crippen LogP contribution in [0.3, 0.4) is 0 Å². The van der Waals surface area contributed by atoms with Crippen molar-refractivity contribution in [3.8, 4) is 0 Å². The fourth-order valence-corrected chi connectivity index (χ4v) is 4.55. The quantitative estimate of drug-likeness (QED) is 0.655. The normalized spacial score (nSPS) is 17.5. The first-order valence-corrected chi connectivity index (χ1v) is 10.7. The van der Waals surface area contributed by atoms with Crippen LogP contribution in [0, 0.1) is 5.82 Å². The number of halogens is 2. The summed E-state index contributed by atoms with van der Waals surface area (Å²) in [5.41, 5.74) is 3.82. The van der Waals surface area contributed by atoms with E-state index >= 15 is 0 Å². The minimum atomic E-state index is -0.416. The number of fused-ring (bicyclic) bond motifs is 1. The third-order valence-electron chi connectivity index (χ3n) is 6.00. The van der Waals surface area contributed by atoms with Crippen LogP contribution in [-0.4, -0.2) is 31.7 Å². The smallest absolute Gasteiger partial charge is 0.285 e. The van der Waals surface area contributed by atoms with Gasteiger partial charge in [-0.25, -0.2) is 14.2 Å². The van der Waals surface area contributed by atoms with Crippen LogP contribution in [0.2, 0.25) is 5.02 Å². The minimum absolute atomic E-state index is 0.102. The first-order chi connectivity index (χ1) is 14.6. The van der Waals surface area contributed by atoms with Crippen LogP contribution in [0.25, 0.3) is 0 Å². The molecule has 0 bridgehead atoms. The SMILES string of the molecule is C[C@H]1c2nnn([C@@H](C)c3ccc(F)cc3C(C)(C)C)c2CCN1c1cn[nH]c(=O)c1Cl. The number of nitrogens with zero attached hydrogens (tertiary/aromatic N) is 5. The molecule has 0 amide bonds. The van der Waals surface area contributed by atoms with Gasteiger partial charge in [0.05, 0.1) is 29.7 Å². The summed E-state index contributed by atoms with van der Waals surface area (Å²) in [6, 6.07) is 4.73. The van der Waals surface area contributed by atoms with Crippen molar-refractivity contribution in [1.29, 1.82) is 0 Å². The Morgan fingerprint density at radius 1 is 1.32 bits per heavy atom. The fraction of sp³-hybridized carbons (Fsp3) is 0.455. The van der Waals surface area contributed by atoms with Crippen molar-refractivity contribution in [2.75, 3.05) is 11.4 Å². The number of aromatic amines is 1. The Morgan fingerprint density at radius 3 is 2.77 bits per heavy atom. The second-order valence-electron chi connectivity index (χ2n) is 9.04. The predicted octanol–water partition coefficient (Wildman–Crippen LogP) is 4.18. The molecule has 31 heavy (non-hydrogen) atoms. The van der Waals surface area contributed by atoms with Gasteiger partial charge in [-0.1, -0.05) is 43.7 Å². The molecule has 0 saturated carbocycles. The van der Waals surface area contributed by atoms with Gasteiger partial charge in [-0.3, -0.25) is 4.79 Å². The minimum Gasteiger partial charge on any atom is -0.360 e. The molecule has 4 rings (SSSR count). The Labute approximate surface area is 185 Å². The summed E-state index contributed by atoms with van der Waals surface area (Å²) in [4.78, 5) is 13.9. The van der Waals surface area contributed by atoms with Gasteiger partial charge < -0.3 is 4.90 Å². The van der Waals surface area contributed by atoms with Crippen molar-refractivity contribution in [2.24, 2.45) is 0 Å². The van der Waals surface area contributed by atoms with E-state index in [-0.39, 0.29) is 28.3 Å². The van der Waals surface area contributed by atoms with Crippen LogP contribution in [-0.2, 0) is 11.8 Å². The lowest BCUT2D eigenvalue weighted by molar-refractivity contribution is 0.490. The lowest BCUT2D eigenvalue weighted by Crippen LogP contribution is -2.36. The van der Waals surface area contributed by atoms with Crippen molar-refractivity contribution in [3.63, 3.8) is 0 Å². The summed E-state index contributed by atoms with van der Waals surface area (Å²) >= 11 is 6.23. The van der Waals surface area contributed by atoms with Gasteiger partial charge in [-0.05, 0) is 42.5 Å². The number of H-pyrrole nitrogens is 1. The van der Waals surface area contributed by atoms with Crippen molar-refractivity contribution >= 4 is 17.3 Å². The molecule has 1 N–H and O–H groups in total. The summed E-state index contributed by atoms with van der Waals surface area (Å²) in [5.74, 6) is -0.242. The zero-order valence-corrected chi connectivity index (χ0v) is 19.0. The standard InChI is InChI=1S/C22H26ClFN6O/c1-12(15-7-6-14(24)10-16(15)22(3,4)5)30-17-8-9-29(13(2)20(17)26-28-30)18-11-25-27-21(31)19(18)23/h6-7,10-13H,8-9H2,1-5H3,(H,27,31)/t12-,13-/m0/s1. The van der Waals surface area contributed by atoms with Crippen molar-refractivity contribution < 1.29 is 4.39 Å². The van der Waals surface area contributed by atoms with E-state index in [1.54, 1.807) is 12.3 Å². The molecule has 0 radical (unpaired) electrons. The fourth-order valence-electron chi connectivity index (χ4n) is 4.35. The molecule has 1 aliphatic rings. The Morgan fingerprint density at radius 2 is 2.06 bits per heavy atom. The van der Waals surface area contributed by atoms with E-state index in [0.29, 0.717) is 18.7 Å². The molecule has 2 atom stereocenters. The molecule has 0 fully saturated rings. The van der Waals surface area contributed by atoms with Gasteiger partial charge in [-0.2, -0.15) is 5.10 Å². The van der Waals surface area contributed by atoms with Crippen molar-refractivity contribution in [3.05, 3.63) is 68.1 Å². The van der Waals surface area contributed by atoms with E-state index < -0.39 is 5.56 Å². The Kier molecular flexibility index (Phi) is 5.37. The number of rotatable bonds is 3. The van der Waals surface area contributed by atoms with E-state index in [9.17, 15) is 9.18 Å².